The van der Waals surface area contributed by atoms with Gasteiger partial charge in [-0.3, -0.25) is 4.21 Å². The van der Waals surface area contributed by atoms with Crippen molar-refractivity contribution in [2.45, 2.75) is 30.0 Å². The third-order valence-corrected chi connectivity index (χ3v) is 4.92. The molecule has 8 heteroatoms. The third-order valence-electron chi connectivity index (χ3n) is 2.67. The summed E-state index contributed by atoms with van der Waals surface area (Å²) >= 11 is 0. The van der Waals surface area contributed by atoms with Gasteiger partial charge in [-0.05, 0) is 25.5 Å². The van der Waals surface area contributed by atoms with Crippen molar-refractivity contribution < 1.29 is 21.4 Å². The van der Waals surface area contributed by atoms with Crippen molar-refractivity contribution in [3.8, 4) is 0 Å². The van der Waals surface area contributed by atoms with Gasteiger partial charge in [0.2, 0.25) is 9.84 Å². The zero-order valence-electron chi connectivity index (χ0n) is 11.2. The van der Waals surface area contributed by atoms with Crippen molar-refractivity contribution in [3.63, 3.8) is 0 Å². The second-order valence-electron chi connectivity index (χ2n) is 4.41. The second-order valence-corrected chi connectivity index (χ2v) is 7.85. The molecule has 0 amide bonds. The Morgan fingerprint density at radius 2 is 1.90 bits per heavy atom. The van der Waals surface area contributed by atoms with Gasteiger partial charge in [0.25, 0.3) is 0 Å². The number of rotatable bonds is 7. The van der Waals surface area contributed by atoms with Crippen molar-refractivity contribution >= 4 is 26.3 Å². The lowest BCUT2D eigenvalue weighted by atomic mass is 10.2. The number of hydrogen-bond acceptors (Lipinski definition) is 4. The van der Waals surface area contributed by atoms with Crippen molar-refractivity contribution in [2.75, 3.05) is 17.3 Å². The first kappa shape index (κ1) is 17.0. The van der Waals surface area contributed by atoms with Gasteiger partial charge in [0.05, 0.1) is 10.6 Å². The Labute approximate surface area is 120 Å². The fourth-order valence-corrected chi connectivity index (χ4v) is 3.19. The van der Waals surface area contributed by atoms with E-state index in [0.29, 0.717) is 12.2 Å². The normalized spacial score (nSPS) is 15.1. The van der Waals surface area contributed by atoms with E-state index in [1.54, 1.807) is 19.2 Å². The first-order chi connectivity index (χ1) is 9.25. The molecule has 1 N–H and O–H groups in total. The van der Waals surface area contributed by atoms with Crippen LogP contribution in [0.1, 0.15) is 13.3 Å². The molecule has 1 aromatic rings. The Hall–Kier alpha value is -1.02. The van der Waals surface area contributed by atoms with Gasteiger partial charge in [-0.25, -0.2) is 8.42 Å². The number of anilines is 1. The lowest BCUT2D eigenvalue weighted by Gasteiger charge is -2.17. The largest absolute Gasteiger partial charge is 0.382 e. The summed E-state index contributed by atoms with van der Waals surface area (Å²) in [4.78, 5) is -0.417. The summed E-state index contributed by atoms with van der Waals surface area (Å²) in [7, 11) is -5.59. The Balaban J connectivity index is 2.95. The quantitative estimate of drug-likeness (QED) is 0.835. The Bertz CT molecular complexity index is 576. The molecule has 0 spiro atoms. The standard InChI is InChI=1S/C12H17F2NO3S2/c1-9(7-8-19(2)16)15-10-5-3-4-6-11(10)20(17,18)12(13)14/h3-6,9,12,15H,7-8H2,1-2H3. The Morgan fingerprint density at radius 1 is 1.30 bits per heavy atom. The van der Waals surface area contributed by atoms with Crippen molar-refractivity contribution in [2.24, 2.45) is 0 Å². The monoisotopic (exact) mass is 325 g/mol. The second kappa shape index (κ2) is 7.12. The number of halogens is 2. The summed E-state index contributed by atoms with van der Waals surface area (Å²) in [5.41, 5.74) is 0.141. The van der Waals surface area contributed by atoms with E-state index in [1.165, 1.54) is 12.1 Å². The minimum absolute atomic E-state index is 0.141. The maximum atomic E-state index is 12.6. The zero-order valence-corrected chi connectivity index (χ0v) is 12.8. The minimum atomic E-state index is -4.64. The number of sulfone groups is 1. The van der Waals surface area contributed by atoms with E-state index in [2.05, 4.69) is 5.32 Å². The molecule has 0 fully saturated rings. The first-order valence-electron chi connectivity index (χ1n) is 5.92. The minimum Gasteiger partial charge on any atom is -0.382 e. The molecule has 114 valence electrons. The van der Waals surface area contributed by atoms with E-state index in [4.69, 9.17) is 0 Å². The fourth-order valence-electron chi connectivity index (χ4n) is 1.61. The molecule has 0 saturated carbocycles. The summed E-state index contributed by atoms with van der Waals surface area (Å²) in [5, 5.41) is 2.88. The van der Waals surface area contributed by atoms with Gasteiger partial charge in [-0.15, -0.1) is 0 Å². The summed E-state index contributed by atoms with van der Waals surface area (Å²) in [6.45, 7) is 1.78. The average Bonchev–Trinajstić information content (AvgIpc) is 2.36. The highest BCUT2D eigenvalue weighted by Crippen LogP contribution is 2.26. The number of alkyl halides is 2. The predicted molar refractivity (Wildman–Crippen MR) is 76.3 cm³/mol. The molecular weight excluding hydrogens is 308 g/mol. The fraction of sp³-hybridized carbons (Fsp3) is 0.500. The van der Waals surface area contributed by atoms with Crippen LogP contribution < -0.4 is 5.32 Å². The zero-order chi connectivity index (χ0) is 15.3. The van der Waals surface area contributed by atoms with Crippen LogP contribution in [0.5, 0.6) is 0 Å². The Morgan fingerprint density at radius 3 is 2.45 bits per heavy atom. The number of nitrogens with one attached hydrogen (secondary N) is 1. The van der Waals surface area contributed by atoms with E-state index >= 15 is 0 Å². The van der Waals surface area contributed by atoms with Crippen molar-refractivity contribution in [3.05, 3.63) is 24.3 Å². The highest BCUT2D eigenvalue weighted by Gasteiger charge is 2.29. The van der Waals surface area contributed by atoms with E-state index in [-0.39, 0.29) is 11.7 Å². The van der Waals surface area contributed by atoms with E-state index in [0.717, 1.165) is 6.07 Å². The molecule has 4 nitrogen and oxygen atoms in total. The molecule has 0 aliphatic carbocycles. The number of benzene rings is 1. The predicted octanol–water partition coefficient (Wildman–Crippen LogP) is 2.25. The molecule has 0 saturated heterocycles. The van der Waals surface area contributed by atoms with Gasteiger partial charge >= 0.3 is 5.76 Å². The maximum Gasteiger partial charge on any atom is 0.341 e. The third kappa shape index (κ3) is 4.52. The molecule has 0 bridgehead atoms. The van der Waals surface area contributed by atoms with Crippen molar-refractivity contribution in [1.29, 1.82) is 0 Å². The van der Waals surface area contributed by atoms with Crippen LogP contribution in [0.2, 0.25) is 0 Å². The van der Waals surface area contributed by atoms with Gasteiger partial charge in [0.15, 0.2) is 0 Å². The van der Waals surface area contributed by atoms with Crippen molar-refractivity contribution in [1.82, 2.24) is 0 Å². The topological polar surface area (TPSA) is 63.2 Å². The molecular formula is C12H17F2NO3S2. The highest BCUT2D eigenvalue weighted by atomic mass is 32.2. The van der Waals surface area contributed by atoms with Crippen LogP contribution in [-0.4, -0.2) is 36.4 Å². The van der Waals surface area contributed by atoms with Crippen LogP contribution in [0, 0.1) is 0 Å². The smallest absolute Gasteiger partial charge is 0.341 e. The number of hydrogen-bond donors (Lipinski definition) is 1. The summed E-state index contributed by atoms with van der Waals surface area (Å²) in [5.74, 6) is -3.00. The molecule has 2 unspecified atom stereocenters. The van der Waals surface area contributed by atoms with Crippen LogP contribution in [0.4, 0.5) is 14.5 Å². The highest BCUT2D eigenvalue weighted by molar-refractivity contribution is 7.91. The van der Waals surface area contributed by atoms with Crippen LogP contribution in [0.3, 0.4) is 0 Å². The van der Waals surface area contributed by atoms with E-state index < -0.39 is 31.3 Å². The Kier molecular flexibility index (Phi) is 6.07. The molecule has 20 heavy (non-hydrogen) atoms. The number of para-hydroxylation sites is 1. The summed E-state index contributed by atoms with van der Waals surface area (Å²) < 4.78 is 59.4. The average molecular weight is 325 g/mol. The molecule has 2 atom stereocenters. The van der Waals surface area contributed by atoms with Crippen LogP contribution in [-0.2, 0) is 20.6 Å². The van der Waals surface area contributed by atoms with Gasteiger partial charge in [-0.2, -0.15) is 8.78 Å². The molecule has 0 aromatic heterocycles. The maximum absolute atomic E-state index is 12.6. The molecule has 0 heterocycles. The van der Waals surface area contributed by atoms with Crippen LogP contribution in [0.15, 0.2) is 29.2 Å². The molecule has 0 aliphatic heterocycles. The molecule has 0 radical (unpaired) electrons. The molecule has 0 aliphatic rings. The van der Waals surface area contributed by atoms with Gasteiger partial charge < -0.3 is 5.32 Å². The molecule has 1 aromatic carbocycles. The van der Waals surface area contributed by atoms with Crippen LogP contribution in [0.25, 0.3) is 0 Å². The lowest BCUT2D eigenvalue weighted by molar-refractivity contribution is 0.235. The summed E-state index contributed by atoms with van der Waals surface area (Å²) in [6, 6.07) is 5.38. The van der Waals surface area contributed by atoms with Gasteiger partial charge in [0, 0.05) is 28.9 Å². The lowest BCUT2D eigenvalue weighted by Crippen LogP contribution is -2.21. The van der Waals surface area contributed by atoms with E-state index in [1.807, 2.05) is 0 Å². The molecule has 1 rings (SSSR count). The van der Waals surface area contributed by atoms with Gasteiger partial charge in [0.1, 0.15) is 0 Å². The van der Waals surface area contributed by atoms with Crippen LogP contribution >= 0.6 is 0 Å². The summed E-state index contributed by atoms with van der Waals surface area (Å²) in [6.07, 6.45) is 2.12. The van der Waals surface area contributed by atoms with Gasteiger partial charge in [-0.1, -0.05) is 12.1 Å². The van der Waals surface area contributed by atoms with E-state index in [9.17, 15) is 21.4 Å². The SMILES string of the molecule is CC(CCS(C)=O)Nc1ccccc1S(=O)(=O)C(F)F. The first-order valence-corrected chi connectivity index (χ1v) is 9.20.